The Morgan fingerprint density at radius 1 is 1.30 bits per heavy atom. The highest BCUT2D eigenvalue weighted by Gasteiger charge is 2.30. The summed E-state index contributed by atoms with van der Waals surface area (Å²) in [5.41, 5.74) is -0.493. The molecule has 0 bridgehead atoms. The average Bonchev–Trinajstić information content (AvgIpc) is 2.79. The molecule has 0 N–H and O–H groups in total. The van der Waals surface area contributed by atoms with Crippen LogP contribution in [0.4, 0.5) is 9.18 Å². The van der Waals surface area contributed by atoms with E-state index in [1.165, 1.54) is 12.1 Å². The Morgan fingerprint density at radius 3 is 2.55 bits per heavy atom. The monoisotopic (exact) mass is 281 g/mol. The fourth-order valence-electron chi connectivity index (χ4n) is 2.02. The van der Waals surface area contributed by atoms with Crippen LogP contribution < -0.4 is 4.74 Å². The summed E-state index contributed by atoms with van der Waals surface area (Å²) in [5.74, 6) is 0.321. The van der Waals surface area contributed by atoms with Gasteiger partial charge in [-0.15, -0.1) is 0 Å². The molecule has 5 heteroatoms. The number of likely N-dealkylation sites (tertiary alicyclic amines) is 1. The third kappa shape index (κ3) is 4.11. The molecule has 1 amide bonds. The van der Waals surface area contributed by atoms with Gasteiger partial charge in [-0.25, -0.2) is 9.18 Å². The first kappa shape index (κ1) is 14.6. The predicted molar refractivity (Wildman–Crippen MR) is 73.2 cm³/mol. The van der Waals surface area contributed by atoms with Crippen molar-refractivity contribution >= 4 is 6.09 Å². The van der Waals surface area contributed by atoms with Crippen molar-refractivity contribution in [3.8, 4) is 5.75 Å². The molecule has 110 valence electrons. The zero-order valence-corrected chi connectivity index (χ0v) is 12.1. The van der Waals surface area contributed by atoms with Gasteiger partial charge in [0.25, 0.3) is 0 Å². The number of rotatable bonds is 2. The first-order valence-corrected chi connectivity index (χ1v) is 6.74. The molecule has 0 radical (unpaired) electrons. The molecular weight excluding hydrogens is 261 g/mol. The van der Waals surface area contributed by atoms with Crippen LogP contribution in [-0.4, -0.2) is 35.8 Å². The lowest BCUT2D eigenvalue weighted by molar-refractivity contribution is 0.0275. The molecule has 1 saturated heterocycles. The SMILES string of the molecule is CC(C)(C)OC(=O)N1CC[C@H](Oc2ccc(F)cc2)C1. The Bertz CT molecular complexity index is 467. The fraction of sp³-hybridized carbons (Fsp3) is 0.533. The number of carbonyl (C=O) groups excluding carboxylic acids is 1. The molecule has 0 aliphatic carbocycles. The number of hydrogen-bond acceptors (Lipinski definition) is 3. The molecule has 2 rings (SSSR count). The minimum atomic E-state index is -0.493. The van der Waals surface area contributed by atoms with Crippen LogP contribution in [0.1, 0.15) is 27.2 Å². The van der Waals surface area contributed by atoms with Gasteiger partial charge >= 0.3 is 6.09 Å². The van der Waals surface area contributed by atoms with Crippen molar-refractivity contribution in [1.82, 2.24) is 4.90 Å². The number of halogens is 1. The molecule has 1 aliphatic rings. The Kier molecular flexibility index (Phi) is 4.16. The zero-order valence-electron chi connectivity index (χ0n) is 12.1. The van der Waals surface area contributed by atoms with Gasteiger partial charge in [-0.1, -0.05) is 0 Å². The Morgan fingerprint density at radius 2 is 1.95 bits per heavy atom. The van der Waals surface area contributed by atoms with Gasteiger partial charge in [0.2, 0.25) is 0 Å². The van der Waals surface area contributed by atoms with E-state index in [0.29, 0.717) is 18.8 Å². The second-order valence-corrected chi connectivity index (χ2v) is 5.91. The van der Waals surface area contributed by atoms with Crippen LogP contribution in [-0.2, 0) is 4.74 Å². The van der Waals surface area contributed by atoms with Gasteiger partial charge in [-0.05, 0) is 45.0 Å². The van der Waals surface area contributed by atoms with Crippen LogP contribution >= 0.6 is 0 Å². The molecule has 0 spiro atoms. The number of ether oxygens (including phenoxy) is 2. The lowest BCUT2D eigenvalue weighted by atomic mass is 10.2. The molecule has 0 saturated carbocycles. The minimum absolute atomic E-state index is 0.0759. The first-order chi connectivity index (χ1) is 9.33. The summed E-state index contributed by atoms with van der Waals surface area (Å²) in [4.78, 5) is 13.5. The first-order valence-electron chi connectivity index (χ1n) is 6.74. The highest BCUT2D eigenvalue weighted by molar-refractivity contribution is 5.68. The molecule has 1 fully saturated rings. The second-order valence-electron chi connectivity index (χ2n) is 5.91. The van der Waals surface area contributed by atoms with Crippen LogP contribution in [0, 0.1) is 5.82 Å². The van der Waals surface area contributed by atoms with Crippen molar-refractivity contribution in [2.45, 2.75) is 38.9 Å². The number of carbonyl (C=O) groups is 1. The average molecular weight is 281 g/mol. The summed E-state index contributed by atoms with van der Waals surface area (Å²) >= 11 is 0. The molecule has 4 nitrogen and oxygen atoms in total. The Balaban J connectivity index is 1.86. The molecular formula is C15H20FNO3. The summed E-state index contributed by atoms with van der Waals surface area (Å²) in [7, 11) is 0. The Labute approximate surface area is 118 Å². The maximum Gasteiger partial charge on any atom is 0.410 e. The third-order valence-electron chi connectivity index (χ3n) is 2.91. The molecule has 1 aliphatic heterocycles. The number of nitrogens with zero attached hydrogens (tertiary/aromatic N) is 1. The normalized spacial score (nSPS) is 19.0. The van der Waals surface area contributed by atoms with E-state index < -0.39 is 5.60 Å². The quantitative estimate of drug-likeness (QED) is 0.835. The Hall–Kier alpha value is -1.78. The second kappa shape index (κ2) is 5.69. The largest absolute Gasteiger partial charge is 0.489 e. The van der Waals surface area contributed by atoms with E-state index >= 15 is 0 Å². The van der Waals surface area contributed by atoms with E-state index in [4.69, 9.17) is 9.47 Å². The lowest BCUT2D eigenvalue weighted by Gasteiger charge is -2.24. The van der Waals surface area contributed by atoms with Crippen molar-refractivity contribution in [2.24, 2.45) is 0 Å². The van der Waals surface area contributed by atoms with Crippen LogP contribution in [0.2, 0.25) is 0 Å². The fourth-order valence-corrected chi connectivity index (χ4v) is 2.02. The van der Waals surface area contributed by atoms with E-state index in [0.717, 1.165) is 6.42 Å². The number of benzene rings is 1. The molecule has 0 aromatic heterocycles. The minimum Gasteiger partial charge on any atom is -0.489 e. The van der Waals surface area contributed by atoms with E-state index in [1.807, 2.05) is 20.8 Å². The lowest BCUT2D eigenvalue weighted by Crippen LogP contribution is -2.36. The van der Waals surface area contributed by atoms with Crippen LogP contribution in [0.3, 0.4) is 0 Å². The van der Waals surface area contributed by atoms with E-state index in [9.17, 15) is 9.18 Å². The summed E-state index contributed by atoms with van der Waals surface area (Å²) in [6, 6.07) is 5.89. The van der Waals surface area contributed by atoms with Gasteiger partial charge in [0.1, 0.15) is 23.3 Å². The molecule has 1 aromatic carbocycles. The van der Waals surface area contributed by atoms with Gasteiger partial charge in [0, 0.05) is 13.0 Å². The van der Waals surface area contributed by atoms with Gasteiger partial charge in [0.05, 0.1) is 6.54 Å². The molecule has 20 heavy (non-hydrogen) atoms. The van der Waals surface area contributed by atoms with Crippen LogP contribution in [0.15, 0.2) is 24.3 Å². The van der Waals surface area contributed by atoms with Gasteiger partial charge in [-0.2, -0.15) is 0 Å². The van der Waals surface area contributed by atoms with Crippen LogP contribution in [0.5, 0.6) is 5.75 Å². The number of hydrogen-bond donors (Lipinski definition) is 0. The maximum atomic E-state index is 12.8. The third-order valence-corrected chi connectivity index (χ3v) is 2.91. The molecule has 1 atom stereocenters. The molecule has 1 heterocycles. The van der Waals surface area contributed by atoms with Gasteiger partial charge in [-0.3, -0.25) is 0 Å². The van der Waals surface area contributed by atoms with Crippen molar-refractivity contribution in [2.75, 3.05) is 13.1 Å². The van der Waals surface area contributed by atoms with E-state index in [2.05, 4.69) is 0 Å². The maximum absolute atomic E-state index is 12.8. The number of amides is 1. The predicted octanol–water partition coefficient (Wildman–Crippen LogP) is 3.21. The standard InChI is InChI=1S/C15H20FNO3/c1-15(2,3)20-14(18)17-9-8-13(10-17)19-12-6-4-11(16)5-7-12/h4-7,13H,8-10H2,1-3H3/t13-/m0/s1. The van der Waals surface area contributed by atoms with Crippen LogP contribution in [0.25, 0.3) is 0 Å². The summed E-state index contributed by atoms with van der Waals surface area (Å²) < 4.78 is 23.8. The van der Waals surface area contributed by atoms with Crippen molar-refractivity contribution in [3.63, 3.8) is 0 Å². The van der Waals surface area contributed by atoms with Crippen molar-refractivity contribution in [3.05, 3.63) is 30.1 Å². The van der Waals surface area contributed by atoms with Gasteiger partial charge < -0.3 is 14.4 Å². The van der Waals surface area contributed by atoms with E-state index in [-0.39, 0.29) is 18.0 Å². The summed E-state index contributed by atoms with van der Waals surface area (Å²) in [6.07, 6.45) is 0.354. The molecule has 0 unspecified atom stereocenters. The highest BCUT2D eigenvalue weighted by Crippen LogP contribution is 2.20. The highest BCUT2D eigenvalue weighted by atomic mass is 19.1. The zero-order chi connectivity index (χ0) is 14.8. The topological polar surface area (TPSA) is 38.8 Å². The van der Waals surface area contributed by atoms with E-state index in [1.54, 1.807) is 17.0 Å². The van der Waals surface area contributed by atoms with Crippen molar-refractivity contribution in [1.29, 1.82) is 0 Å². The van der Waals surface area contributed by atoms with Gasteiger partial charge in [0.15, 0.2) is 0 Å². The summed E-state index contributed by atoms with van der Waals surface area (Å²) in [5, 5.41) is 0. The smallest absolute Gasteiger partial charge is 0.410 e. The van der Waals surface area contributed by atoms with Crippen molar-refractivity contribution < 1.29 is 18.7 Å². The molecule has 1 aromatic rings. The summed E-state index contributed by atoms with van der Waals surface area (Å²) in [6.45, 7) is 6.63.